The number of benzene rings is 2. The van der Waals surface area contributed by atoms with Gasteiger partial charge < -0.3 is 10.0 Å². The molecule has 1 fully saturated rings. The number of thiophene rings is 1. The third-order valence-electron chi connectivity index (χ3n) is 6.70. The number of nitrogens with zero attached hydrogens (tertiary/aromatic N) is 1. The number of carbonyl (C=O) groups is 1. The van der Waals surface area contributed by atoms with E-state index in [1.807, 2.05) is 6.92 Å². The van der Waals surface area contributed by atoms with E-state index in [9.17, 15) is 18.3 Å². The Hall–Kier alpha value is -2.68. The largest absolute Gasteiger partial charge is 0.392 e. The number of ketones is 1. The number of Topliss-reactive ketones (excluding diaryl/α,β-unsaturated/α-hetero) is 1. The highest BCUT2D eigenvalue weighted by Gasteiger charge is 2.24. The van der Waals surface area contributed by atoms with E-state index in [0.29, 0.717) is 10.4 Å². The van der Waals surface area contributed by atoms with Gasteiger partial charge in [-0.1, -0.05) is 24.3 Å². The third kappa shape index (κ3) is 5.29. The quantitative estimate of drug-likeness (QED) is 0.396. The summed E-state index contributed by atoms with van der Waals surface area (Å²) in [5.74, 6) is -0.118. The van der Waals surface area contributed by atoms with Crippen LogP contribution in [-0.2, 0) is 23.1 Å². The number of aliphatic hydroxyl groups is 1. The molecule has 1 saturated heterocycles. The van der Waals surface area contributed by atoms with E-state index >= 15 is 0 Å². The molecule has 0 saturated carbocycles. The SMILES string of the molecule is Cc1cc(C)c(N2CCCCC2)c(C)c1CC(=O)c1sccc1NS(=O)(=O)c1ccccc1CO. The van der Waals surface area contributed by atoms with Gasteiger partial charge in [0.2, 0.25) is 0 Å². The minimum Gasteiger partial charge on any atom is -0.392 e. The first-order chi connectivity index (χ1) is 16.7. The molecule has 1 aliphatic rings. The molecule has 0 radical (unpaired) electrons. The number of carbonyl (C=O) groups excluding carboxylic acids is 1. The van der Waals surface area contributed by atoms with Crippen molar-refractivity contribution in [3.8, 4) is 0 Å². The molecule has 8 heteroatoms. The molecule has 1 aromatic heterocycles. The number of rotatable bonds is 8. The Morgan fingerprint density at radius 3 is 2.49 bits per heavy atom. The summed E-state index contributed by atoms with van der Waals surface area (Å²) in [6.07, 6.45) is 3.82. The van der Waals surface area contributed by atoms with Gasteiger partial charge in [0, 0.05) is 25.2 Å². The van der Waals surface area contributed by atoms with E-state index in [1.54, 1.807) is 29.6 Å². The number of anilines is 2. The molecule has 2 N–H and O–H groups in total. The number of nitrogens with one attached hydrogen (secondary N) is 1. The van der Waals surface area contributed by atoms with Crippen molar-refractivity contribution in [1.29, 1.82) is 0 Å². The van der Waals surface area contributed by atoms with E-state index in [-0.39, 0.29) is 22.8 Å². The predicted molar refractivity (Wildman–Crippen MR) is 142 cm³/mol. The smallest absolute Gasteiger partial charge is 0.262 e. The molecule has 1 aliphatic heterocycles. The van der Waals surface area contributed by atoms with Crippen LogP contribution in [0.5, 0.6) is 0 Å². The van der Waals surface area contributed by atoms with Crippen molar-refractivity contribution in [3.63, 3.8) is 0 Å². The molecule has 0 amide bonds. The van der Waals surface area contributed by atoms with E-state index in [2.05, 4.69) is 29.5 Å². The molecular formula is C27H32N2O4S2. The van der Waals surface area contributed by atoms with Gasteiger partial charge in [0.05, 0.1) is 22.1 Å². The fraction of sp³-hybridized carbons (Fsp3) is 0.370. The number of aryl methyl sites for hydroxylation is 2. The summed E-state index contributed by atoms with van der Waals surface area (Å²) in [6, 6.07) is 10.1. The Morgan fingerprint density at radius 1 is 1.06 bits per heavy atom. The van der Waals surface area contributed by atoms with E-state index < -0.39 is 16.6 Å². The summed E-state index contributed by atoms with van der Waals surface area (Å²) in [5, 5.41) is 11.3. The lowest BCUT2D eigenvalue weighted by Gasteiger charge is -2.33. The normalized spacial score (nSPS) is 14.2. The molecule has 0 bridgehead atoms. The summed E-state index contributed by atoms with van der Waals surface area (Å²) in [4.78, 5) is 16.3. The summed E-state index contributed by atoms with van der Waals surface area (Å²) >= 11 is 1.23. The third-order valence-corrected chi connectivity index (χ3v) is 9.12. The zero-order chi connectivity index (χ0) is 25.2. The van der Waals surface area contributed by atoms with E-state index in [0.717, 1.165) is 29.8 Å². The fourth-order valence-corrected chi connectivity index (χ4v) is 7.19. The molecule has 2 heterocycles. The first-order valence-corrected chi connectivity index (χ1v) is 14.3. The molecule has 186 valence electrons. The topological polar surface area (TPSA) is 86.7 Å². The van der Waals surface area contributed by atoms with Crippen molar-refractivity contribution in [2.75, 3.05) is 22.7 Å². The molecule has 2 aromatic carbocycles. The maximum absolute atomic E-state index is 13.4. The fourth-order valence-electron chi connectivity index (χ4n) is 5.03. The van der Waals surface area contributed by atoms with Crippen LogP contribution in [-0.4, -0.2) is 32.4 Å². The number of sulfonamides is 1. The number of hydrogen-bond donors (Lipinski definition) is 2. The van der Waals surface area contributed by atoms with Crippen LogP contribution in [0.15, 0.2) is 46.7 Å². The molecule has 0 aliphatic carbocycles. The Labute approximate surface area is 211 Å². The number of aliphatic hydroxyl groups excluding tert-OH is 1. The summed E-state index contributed by atoms with van der Waals surface area (Å²) in [7, 11) is -3.96. The second kappa shape index (κ2) is 10.5. The van der Waals surface area contributed by atoms with Crippen molar-refractivity contribution in [1.82, 2.24) is 0 Å². The van der Waals surface area contributed by atoms with Gasteiger partial charge in [-0.25, -0.2) is 8.42 Å². The second-order valence-corrected chi connectivity index (χ2v) is 11.7. The highest BCUT2D eigenvalue weighted by Crippen LogP contribution is 2.34. The lowest BCUT2D eigenvalue weighted by molar-refractivity contribution is 0.0997. The zero-order valence-corrected chi connectivity index (χ0v) is 22.1. The van der Waals surface area contributed by atoms with Crippen molar-refractivity contribution in [2.45, 2.75) is 58.0 Å². The van der Waals surface area contributed by atoms with Crippen LogP contribution in [0.1, 0.15) is 56.8 Å². The van der Waals surface area contributed by atoms with Gasteiger partial charge in [0.25, 0.3) is 10.0 Å². The lowest BCUT2D eigenvalue weighted by Crippen LogP contribution is -2.31. The maximum atomic E-state index is 13.4. The summed E-state index contributed by atoms with van der Waals surface area (Å²) in [5.41, 5.74) is 6.24. The highest BCUT2D eigenvalue weighted by molar-refractivity contribution is 7.92. The molecule has 0 spiro atoms. The lowest BCUT2D eigenvalue weighted by atomic mass is 9.92. The van der Waals surface area contributed by atoms with Gasteiger partial charge in [-0.05, 0) is 85.4 Å². The number of hydrogen-bond acceptors (Lipinski definition) is 6. The van der Waals surface area contributed by atoms with Crippen LogP contribution in [0.25, 0.3) is 0 Å². The van der Waals surface area contributed by atoms with Crippen LogP contribution in [0.3, 0.4) is 0 Å². The molecular weight excluding hydrogens is 480 g/mol. The van der Waals surface area contributed by atoms with Crippen LogP contribution >= 0.6 is 11.3 Å². The Balaban J connectivity index is 1.62. The van der Waals surface area contributed by atoms with Crippen LogP contribution < -0.4 is 9.62 Å². The molecule has 35 heavy (non-hydrogen) atoms. The van der Waals surface area contributed by atoms with E-state index in [1.165, 1.54) is 47.9 Å². The predicted octanol–water partition coefficient (Wildman–Crippen LogP) is 5.38. The Morgan fingerprint density at radius 2 is 1.77 bits per heavy atom. The van der Waals surface area contributed by atoms with Gasteiger partial charge in [-0.15, -0.1) is 11.3 Å². The molecule has 3 aromatic rings. The second-order valence-electron chi connectivity index (χ2n) is 9.14. The van der Waals surface area contributed by atoms with Gasteiger partial charge in [-0.3, -0.25) is 9.52 Å². The Kier molecular flexibility index (Phi) is 7.64. The monoisotopic (exact) mass is 512 g/mol. The van der Waals surface area contributed by atoms with Crippen LogP contribution in [0.2, 0.25) is 0 Å². The summed E-state index contributed by atoms with van der Waals surface area (Å²) < 4.78 is 28.7. The minimum absolute atomic E-state index is 0.00324. The molecule has 4 rings (SSSR count). The average Bonchev–Trinajstić information content (AvgIpc) is 3.29. The number of piperidine rings is 1. The van der Waals surface area contributed by atoms with Gasteiger partial charge >= 0.3 is 0 Å². The first kappa shape index (κ1) is 25.4. The van der Waals surface area contributed by atoms with Crippen molar-refractivity contribution >= 4 is 38.5 Å². The minimum atomic E-state index is -3.96. The van der Waals surface area contributed by atoms with Crippen LogP contribution in [0, 0.1) is 20.8 Å². The van der Waals surface area contributed by atoms with Crippen molar-refractivity contribution in [3.05, 3.63) is 74.5 Å². The van der Waals surface area contributed by atoms with Crippen molar-refractivity contribution < 1.29 is 18.3 Å². The van der Waals surface area contributed by atoms with Crippen LogP contribution in [0.4, 0.5) is 11.4 Å². The maximum Gasteiger partial charge on any atom is 0.262 e. The summed E-state index contributed by atoms with van der Waals surface area (Å²) in [6.45, 7) is 7.93. The first-order valence-electron chi connectivity index (χ1n) is 11.9. The van der Waals surface area contributed by atoms with E-state index in [4.69, 9.17) is 0 Å². The van der Waals surface area contributed by atoms with Crippen molar-refractivity contribution in [2.24, 2.45) is 0 Å². The standard InChI is InChI=1S/C27H32N2O4S2/c1-18-15-19(2)26(29-12-7-4-8-13-29)20(3)22(18)16-24(31)27-23(11-14-34-27)28-35(32,33)25-10-6-5-9-21(25)17-30/h5-6,9-11,14-15,28,30H,4,7-8,12-13,16-17H2,1-3H3. The molecule has 6 nitrogen and oxygen atoms in total. The zero-order valence-electron chi connectivity index (χ0n) is 20.4. The highest BCUT2D eigenvalue weighted by atomic mass is 32.2. The van der Waals surface area contributed by atoms with Gasteiger partial charge in [0.1, 0.15) is 0 Å². The molecule has 0 unspecified atom stereocenters. The Bertz CT molecular complexity index is 1340. The van der Waals surface area contributed by atoms with Gasteiger partial charge in [-0.2, -0.15) is 0 Å². The van der Waals surface area contributed by atoms with Gasteiger partial charge in [0.15, 0.2) is 5.78 Å². The molecule has 0 atom stereocenters. The average molecular weight is 513 g/mol.